The lowest BCUT2D eigenvalue weighted by Gasteiger charge is -2.10. The van der Waals surface area contributed by atoms with Crippen molar-refractivity contribution < 1.29 is 23.5 Å². The predicted octanol–water partition coefficient (Wildman–Crippen LogP) is 4.59. The van der Waals surface area contributed by atoms with E-state index >= 15 is 0 Å². The number of amides is 1. The van der Waals surface area contributed by atoms with Gasteiger partial charge in [0.15, 0.2) is 0 Å². The lowest BCUT2D eigenvalue weighted by Crippen LogP contribution is -2.29. The Balaban J connectivity index is 1.32. The minimum atomic E-state index is -0.691. The standard InChI is InChI=1S/C25H26ClNO6/c1-16-13-19(14-17(2)23(16)26)31-11-5-9-22(28)32-12-6-10-27-24(29)20-15-18-7-3-4-8-21(18)33-25(20)30/h3-4,7-8,13-15H,5-6,9-12H2,1-2H3,(H,27,29). The van der Waals surface area contributed by atoms with Crippen LogP contribution >= 0.6 is 11.6 Å². The molecule has 2 aromatic carbocycles. The molecule has 7 nitrogen and oxygen atoms in total. The summed E-state index contributed by atoms with van der Waals surface area (Å²) in [6, 6.07) is 12.2. The van der Waals surface area contributed by atoms with Crippen LogP contribution in [0.1, 0.15) is 40.7 Å². The van der Waals surface area contributed by atoms with Crippen LogP contribution in [0.4, 0.5) is 0 Å². The number of carbonyl (C=O) groups is 2. The van der Waals surface area contributed by atoms with Gasteiger partial charge in [-0.25, -0.2) is 4.79 Å². The predicted molar refractivity (Wildman–Crippen MR) is 126 cm³/mol. The van der Waals surface area contributed by atoms with Crippen LogP contribution < -0.4 is 15.7 Å². The number of carbonyl (C=O) groups excluding carboxylic acids is 2. The quantitative estimate of drug-likeness (QED) is 0.264. The van der Waals surface area contributed by atoms with E-state index in [0.29, 0.717) is 30.4 Å². The van der Waals surface area contributed by atoms with Crippen LogP contribution in [0.15, 0.2) is 51.7 Å². The molecule has 0 saturated carbocycles. The number of benzene rings is 2. The molecule has 3 rings (SSSR count). The Morgan fingerprint density at radius 2 is 1.76 bits per heavy atom. The zero-order valence-corrected chi connectivity index (χ0v) is 19.4. The SMILES string of the molecule is Cc1cc(OCCCC(=O)OCCCNC(=O)c2cc3ccccc3oc2=O)cc(C)c1Cl. The third kappa shape index (κ3) is 6.83. The van der Waals surface area contributed by atoms with Crippen molar-refractivity contribution in [1.29, 1.82) is 0 Å². The van der Waals surface area contributed by atoms with Gasteiger partial charge in [0.2, 0.25) is 0 Å². The average Bonchev–Trinajstić information content (AvgIpc) is 2.79. The summed E-state index contributed by atoms with van der Waals surface area (Å²) in [5.41, 5.74) is 1.56. The van der Waals surface area contributed by atoms with Gasteiger partial charge in [0.05, 0.1) is 13.2 Å². The summed E-state index contributed by atoms with van der Waals surface area (Å²) in [5, 5.41) is 4.03. The van der Waals surface area contributed by atoms with Crippen LogP contribution in [0.5, 0.6) is 5.75 Å². The second-order valence-corrected chi connectivity index (χ2v) is 8.02. The van der Waals surface area contributed by atoms with E-state index in [1.54, 1.807) is 24.3 Å². The van der Waals surface area contributed by atoms with E-state index in [9.17, 15) is 14.4 Å². The Morgan fingerprint density at radius 1 is 1.03 bits per heavy atom. The number of aryl methyl sites for hydroxylation is 2. The van der Waals surface area contributed by atoms with Crippen molar-refractivity contribution in [2.75, 3.05) is 19.8 Å². The molecule has 33 heavy (non-hydrogen) atoms. The Kier molecular flexibility index (Phi) is 8.49. The normalized spacial score (nSPS) is 10.8. The molecule has 0 saturated heterocycles. The maximum atomic E-state index is 12.3. The van der Waals surface area contributed by atoms with E-state index in [1.165, 1.54) is 6.07 Å². The van der Waals surface area contributed by atoms with E-state index in [2.05, 4.69) is 5.32 Å². The number of nitrogens with one attached hydrogen (secondary N) is 1. The van der Waals surface area contributed by atoms with Crippen molar-refractivity contribution in [3.63, 3.8) is 0 Å². The van der Waals surface area contributed by atoms with Gasteiger partial charge in [-0.3, -0.25) is 9.59 Å². The number of halogens is 1. The highest BCUT2D eigenvalue weighted by Gasteiger charge is 2.13. The molecule has 0 fully saturated rings. The van der Waals surface area contributed by atoms with Crippen LogP contribution in [0.3, 0.4) is 0 Å². The summed E-state index contributed by atoms with van der Waals surface area (Å²) in [6.45, 7) is 4.65. The maximum absolute atomic E-state index is 12.3. The second kappa shape index (κ2) is 11.5. The Hall–Kier alpha value is -3.32. The molecule has 0 unspecified atom stereocenters. The maximum Gasteiger partial charge on any atom is 0.349 e. The number of rotatable bonds is 10. The first-order chi connectivity index (χ1) is 15.8. The minimum absolute atomic E-state index is 0.0585. The molecule has 1 heterocycles. The van der Waals surface area contributed by atoms with Gasteiger partial charge in [-0.05, 0) is 62.1 Å². The number of hydrogen-bond donors (Lipinski definition) is 1. The van der Waals surface area contributed by atoms with Gasteiger partial charge in [0, 0.05) is 23.4 Å². The van der Waals surface area contributed by atoms with Crippen LogP contribution in [-0.4, -0.2) is 31.6 Å². The summed E-state index contributed by atoms with van der Waals surface area (Å²) < 4.78 is 16.0. The van der Waals surface area contributed by atoms with Crippen molar-refractivity contribution in [2.24, 2.45) is 0 Å². The topological polar surface area (TPSA) is 94.8 Å². The van der Waals surface area contributed by atoms with Gasteiger partial charge < -0.3 is 19.2 Å². The smallest absolute Gasteiger partial charge is 0.349 e. The number of ether oxygens (including phenoxy) is 2. The summed E-state index contributed by atoms with van der Waals surface area (Å²) in [7, 11) is 0. The highest BCUT2D eigenvalue weighted by Crippen LogP contribution is 2.26. The molecule has 0 atom stereocenters. The van der Waals surface area contributed by atoms with Gasteiger partial charge in [0.25, 0.3) is 5.91 Å². The number of hydrogen-bond acceptors (Lipinski definition) is 6. The largest absolute Gasteiger partial charge is 0.494 e. The molecular weight excluding hydrogens is 446 g/mol. The van der Waals surface area contributed by atoms with Crippen LogP contribution in [-0.2, 0) is 9.53 Å². The second-order valence-electron chi connectivity index (χ2n) is 7.64. The van der Waals surface area contributed by atoms with E-state index < -0.39 is 11.5 Å². The lowest BCUT2D eigenvalue weighted by atomic mass is 10.1. The average molecular weight is 472 g/mol. The molecular formula is C25H26ClNO6. The molecule has 1 N–H and O–H groups in total. The first-order valence-corrected chi connectivity index (χ1v) is 11.1. The fourth-order valence-corrected chi connectivity index (χ4v) is 3.35. The van der Waals surface area contributed by atoms with E-state index in [1.807, 2.05) is 26.0 Å². The van der Waals surface area contributed by atoms with Crippen molar-refractivity contribution in [3.8, 4) is 5.75 Å². The highest BCUT2D eigenvalue weighted by atomic mass is 35.5. The highest BCUT2D eigenvalue weighted by molar-refractivity contribution is 6.32. The fraction of sp³-hybridized carbons (Fsp3) is 0.320. The first-order valence-electron chi connectivity index (χ1n) is 10.7. The van der Waals surface area contributed by atoms with Crippen molar-refractivity contribution in [3.05, 3.63) is 74.6 Å². The number of fused-ring (bicyclic) bond motifs is 1. The van der Waals surface area contributed by atoms with Crippen molar-refractivity contribution >= 4 is 34.4 Å². The molecule has 174 valence electrons. The fourth-order valence-electron chi connectivity index (χ4n) is 3.24. The summed E-state index contributed by atoms with van der Waals surface area (Å²) in [5.74, 6) is -0.131. The lowest BCUT2D eigenvalue weighted by molar-refractivity contribution is -0.143. The van der Waals surface area contributed by atoms with E-state index in [-0.39, 0.29) is 31.1 Å². The van der Waals surface area contributed by atoms with Gasteiger partial charge in [-0.15, -0.1) is 0 Å². The third-order valence-electron chi connectivity index (χ3n) is 4.96. The zero-order chi connectivity index (χ0) is 23.8. The van der Waals surface area contributed by atoms with Crippen LogP contribution in [0, 0.1) is 13.8 Å². The summed E-state index contributed by atoms with van der Waals surface area (Å²) in [4.78, 5) is 36.1. The van der Waals surface area contributed by atoms with Crippen molar-refractivity contribution in [1.82, 2.24) is 5.32 Å². The molecule has 0 aliphatic carbocycles. The Labute approximate surface area is 196 Å². The minimum Gasteiger partial charge on any atom is -0.494 e. The first kappa shape index (κ1) is 24.3. The molecule has 0 aliphatic heterocycles. The van der Waals surface area contributed by atoms with E-state index in [4.69, 9.17) is 25.5 Å². The zero-order valence-electron chi connectivity index (χ0n) is 18.6. The van der Waals surface area contributed by atoms with Gasteiger partial charge in [-0.1, -0.05) is 29.8 Å². The van der Waals surface area contributed by atoms with Gasteiger partial charge in [0.1, 0.15) is 16.9 Å². The van der Waals surface area contributed by atoms with Gasteiger partial charge >= 0.3 is 11.6 Å². The molecule has 0 bridgehead atoms. The summed E-state index contributed by atoms with van der Waals surface area (Å²) in [6.07, 6.45) is 1.18. The van der Waals surface area contributed by atoms with Gasteiger partial charge in [-0.2, -0.15) is 0 Å². The molecule has 8 heteroatoms. The third-order valence-corrected chi connectivity index (χ3v) is 5.56. The van der Waals surface area contributed by atoms with E-state index in [0.717, 1.165) is 21.9 Å². The Morgan fingerprint density at radius 3 is 2.52 bits per heavy atom. The molecule has 3 aromatic rings. The molecule has 0 radical (unpaired) electrons. The molecule has 1 amide bonds. The molecule has 1 aromatic heterocycles. The van der Waals surface area contributed by atoms with Crippen LogP contribution in [0.2, 0.25) is 5.02 Å². The monoisotopic (exact) mass is 471 g/mol. The molecule has 0 aliphatic rings. The number of esters is 1. The van der Waals surface area contributed by atoms with Crippen LogP contribution in [0.25, 0.3) is 11.0 Å². The van der Waals surface area contributed by atoms with Crippen molar-refractivity contribution in [2.45, 2.75) is 33.1 Å². The summed E-state index contributed by atoms with van der Waals surface area (Å²) >= 11 is 6.14. The number of para-hydroxylation sites is 1. The Bertz CT molecular complexity index is 1180. The molecule has 0 spiro atoms.